The number of Topliss-reactive ketones (excluding diaryl/α,β-unsaturated/α-hetero) is 1. The molecule has 1 aliphatic heterocycles. The first-order valence-corrected chi connectivity index (χ1v) is 12.6. The van der Waals surface area contributed by atoms with Gasteiger partial charge in [-0.25, -0.2) is 13.1 Å². The smallest absolute Gasteiger partial charge is 0.241 e. The molecule has 31 heavy (non-hydrogen) atoms. The molecule has 3 N–H and O–H groups in total. The van der Waals surface area contributed by atoms with Crippen LogP contribution in [0.3, 0.4) is 0 Å². The SMILES string of the molecule is CS(=O)(=O)NC(C(=O)N1CC(C#N)CC1C(=O)c1ccccc1CN)C1CCCCC1. The van der Waals surface area contributed by atoms with E-state index in [2.05, 4.69) is 10.8 Å². The Labute approximate surface area is 183 Å². The second kappa shape index (κ2) is 9.90. The lowest BCUT2D eigenvalue weighted by atomic mass is 9.83. The van der Waals surface area contributed by atoms with Crippen molar-refractivity contribution in [2.45, 2.75) is 57.2 Å². The van der Waals surface area contributed by atoms with Gasteiger partial charge in [-0.3, -0.25) is 9.59 Å². The topological polar surface area (TPSA) is 133 Å². The highest BCUT2D eigenvalue weighted by molar-refractivity contribution is 7.88. The zero-order valence-corrected chi connectivity index (χ0v) is 18.6. The van der Waals surface area contributed by atoms with Crippen LogP contribution in [0.15, 0.2) is 24.3 Å². The van der Waals surface area contributed by atoms with Gasteiger partial charge in [0.05, 0.1) is 24.3 Å². The zero-order valence-electron chi connectivity index (χ0n) is 17.8. The molecule has 0 aromatic heterocycles. The van der Waals surface area contributed by atoms with Crippen LogP contribution in [-0.2, 0) is 21.4 Å². The molecule has 0 spiro atoms. The lowest BCUT2D eigenvalue weighted by Crippen LogP contribution is -2.54. The summed E-state index contributed by atoms with van der Waals surface area (Å²) in [6, 6.07) is 7.43. The van der Waals surface area contributed by atoms with Crippen molar-refractivity contribution in [3.63, 3.8) is 0 Å². The Morgan fingerprint density at radius 2 is 1.94 bits per heavy atom. The van der Waals surface area contributed by atoms with Crippen molar-refractivity contribution in [2.75, 3.05) is 12.8 Å². The normalized spacial score (nSPS) is 23.3. The fourth-order valence-corrected chi connectivity index (χ4v) is 5.52. The molecule has 3 rings (SSSR count). The van der Waals surface area contributed by atoms with Crippen LogP contribution >= 0.6 is 0 Å². The summed E-state index contributed by atoms with van der Waals surface area (Å²) >= 11 is 0. The van der Waals surface area contributed by atoms with Crippen LogP contribution in [0.25, 0.3) is 0 Å². The molecule has 0 radical (unpaired) electrons. The Kier molecular flexibility index (Phi) is 7.46. The van der Waals surface area contributed by atoms with Crippen molar-refractivity contribution < 1.29 is 18.0 Å². The van der Waals surface area contributed by atoms with Crippen LogP contribution in [0.5, 0.6) is 0 Å². The third-order valence-electron chi connectivity index (χ3n) is 6.30. The monoisotopic (exact) mass is 446 g/mol. The standard InChI is InChI=1S/C22H30N4O4S/c1-31(29,30)25-20(16-7-3-2-4-8-16)22(28)26-14-15(12-23)11-19(26)21(27)18-10-6-5-9-17(18)13-24/h5-6,9-10,15-16,19-20,25H,2-4,7-8,11,13-14,24H2,1H3. The van der Waals surface area contributed by atoms with Crippen molar-refractivity contribution in [1.29, 1.82) is 5.26 Å². The van der Waals surface area contributed by atoms with Crippen molar-refractivity contribution in [2.24, 2.45) is 17.6 Å². The molecular weight excluding hydrogens is 416 g/mol. The van der Waals surface area contributed by atoms with E-state index in [0.29, 0.717) is 11.1 Å². The number of nitrogens with two attached hydrogens (primary N) is 1. The van der Waals surface area contributed by atoms with E-state index in [0.717, 1.165) is 38.4 Å². The highest BCUT2D eigenvalue weighted by Gasteiger charge is 2.44. The van der Waals surface area contributed by atoms with Gasteiger partial charge in [0, 0.05) is 18.7 Å². The van der Waals surface area contributed by atoms with Crippen LogP contribution in [0.4, 0.5) is 0 Å². The second-order valence-corrected chi connectivity index (χ2v) is 10.3. The van der Waals surface area contributed by atoms with Crippen LogP contribution < -0.4 is 10.5 Å². The predicted molar refractivity (Wildman–Crippen MR) is 116 cm³/mol. The molecule has 1 aromatic rings. The van der Waals surface area contributed by atoms with Gasteiger partial charge in [0.1, 0.15) is 6.04 Å². The van der Waals surface area contributed by atoms with Gasteiger partial charge in [-0.15, -0.1) is 0 Å². The maximum absolute atomic E-state index is 13.6. The number of likely N-dealkylation sites (tertiary alicyclic amines) is 1. The Hall–Kier alpha value is -2.28. The molecule has 9 heteroatoms. The largest absolute Gasteiger partial charge is 0.330 e. The minimum Gasteiger partial charge on any atom is -0.330 e. The number of hydrogen-bond donors (Lipinski definition) is 2. The van der Waals surface area contributed by atoms with Crippen LogP contribution in [0.2, 0.25) is 0 Å². The van der Waals surface area contributed by atoms with Gasteiger partial charge in [-0.1, -0.05) is 43.5 Å². The number of sulfonamides is 1. The number of nitrogens with zero attached hydrogens (tertiary/aromatic N) is 2. The number of nitrogens with one attached hydrogen (secondary N) is 1. The van der Waals surface area contributed by atoms with Crippen LogP contribution in [0, 0.1) is 23.2 Å². The summed E-state index contributed by atoms with van der Waals surface area (Å²) in [4.78, 5) is 28.4. The summed E-state index contributed by atoms with van der Waals surface area (Å²) in [7, 11) is -3.63. The van der Waals surface area contributed by atoms with Crippen LogP contribution in [-0.4, -0.2) is 49.9 Å². The minimum atomic E-state index is -3.63. The summed E-state index contributed by atoms with van der Waals surface area (Å²) in [5.74, 6) is -1.27. The zero-order chi connectivity index (χ0) is 22.6. The minimum absolute atomic E-state index is 0.116. The quantitative estimate of drug-likeness (QED) is 0.611. The lowest BCUT2D eigenvalue weighted by Gasteiger charge is -2.34. The second-order valence-electron chi connectivity index (χ2n) is 8.56. The first-order valence-electron chi connectivity index (χ1n) is 10.7. The molecule has 1 aliphatic carbocycles. The molecule has 1 amide bonds. The molecule has 1 saturated heterocycles. The van der Waals surface area contributed by atoms with Gasteiger partial charge >= 0.3 is 0 Å². The van der Waals surface area contributed by atoms with Gasteiger partial charge in [-0.05, 0) is 30.7 Å². The molecule has 168 valence electrons. The van der Waals surface area contributed by atoms with Gasteiger partial charge in [0.15, 0.2) is 5.78 Å². The molecule has 1 saturated carbocycles. The average Bonchev–Trinajstić information content (AvgIpc) is 3.21. The molecule has 2 fully saturated rings. The molecule has 3 atom stereocenters. The predicted octanol–water partition coefficient (Wildman–Crippen LogP) is 1.57. The molecule has 8 nitrogen and oxygen atoms in total. The third-order valence-corrected chi connectivity index (χ3v) is 6.98. The summed E-state index contributed by atoms with van der Waals surface area (Å²) in [5.41, 5.74) is 6.91. The van der Waals surface area contributed by atoms with E-state index in [4.69, 9.17) is 5.73 Å². The van der Waals surface area contributed by atoms with Gasteiger partial charge in [-0.2, -0.15) is 5.26 Å². The van der Waals surface area contributed by atoms with Crippen LogP contribution in [0.1, 0.15) is 54.4 Å². The summed E-state index contributed by atoms with van der Waals surface area (Å²) < 4.78 is 26.6. The van der Waals surface area contributed by atoms with E-state index in [-0.39, 0.29) is 31.2 Å². The van der Waals surface area contributed by atoms with E-state index < -0.39 is 33.9 Å². The number of carbonyl (C=O) groups excluding carboxylic acids is 2. The summed E-state index contributed by atoms with van der Waals surface area (Å²) in [5, 5.41) is 9.48. The van der Waals surface area contributed by atoms with Crippen molar-refractivity contribution >= 4 is 21.7 Å². The average molecular weight is 447 g/mol. The van der Waals surface area contributed by atoms with Gasteiger partial charge in [0.25, 0.3) is 0 Å². The maximum atomic E-state index is 13.6. The summed E-state index contributed by atoms with van der Waals surface area (Å²) in [6.45, 7) is 0.301. The number of amides is 1. The molecular formula is C22H30N4O4S. The van der Waals surface area contributed by atoms with Gasteiger partial charge < -0.3 is 10.6 Å². The fourth-order valence-electron chi connectivity index (χ4n) is 4.76. The number of rotatable bonds is 7. The van der Waals surface area contributed by atoms with E-state index in [9.17, 15) is 23.3 Å². The Morgan fingerprint density at radius 3 is 2.55 bits per heavy atom. The highest BCUT2D eigenvalue weighted by Crippen LogP contribution is 2.32. The van der Waals surface area contributed by atoms with Crippen molar-refractivity contribution in [3.8, 4) is 6.07 Å². The molecule has 3 unspecified atom stereocenters. The number of carbonyl (C=O) groups is 2. The number of ketones is 1. The van der Waals surface area contributed by atoms with E-state index >= 15 is 0 Å². The maximum Gasteiger partial charge on any atom is 0.241 e. The number of nitriles is 1. The molecule has 0 bridgehead atoms. The Morgan fingerprint density at radius 1 is 1.26 bits per heavy atom. The lowest BCUT2D eigenvalue weighted by molar-refractivity contribution is -0.134. The van der Waals surface area contributed by atoms with E-state index in [1.54, 1.807) is 24.3 Å². The fraction of sp³-hybridized carbons (Fsp3) is 0.591. The first kappa shape index (κ1) is 23.4. The highest BCUT2D eigenvalue weighted by atomic mass is 32.2. The Balaban J connectivity index is 1.93. The molecule has 2 aliphatic rings. The van der Waals surface area contributed by atoms with E-state index in [1.165, 1.54) is 4.90 Å². The molecule has 1 aromatic carbocycles. The molecule has 1 heterocycles. The summed E-state index contributed by atoms with van der Waals surface area (Å²) in [6.07, 6.45) is 5.72. The van der Waals surface area contributed by atoms with Crippen molar-refractivity contribution in [1.82, 2.24) is 9.62 Å². The van der Waals surface area contributed by atoms with Gasteiger partial charge in [0.2, 0.25) is 15.9 Å². The number of benzene rings is 1. The third kappa shape index (κ3) is 5.50. The number of hydrogen-bond acceptors (Lipinski definition) is 6. The Bertz CT molecular complexity index is 966. The van der Waals surface area contributed by atoms with E-state index in [1.807, 2.05) is 0 Å². The van der Waals surface area contributed by atoms with Crippen molar-refractivity contribution in [3.05, 3.63) is 35.4 Å². The first-order chi connectivity index (χ1) is 14.7.